The van der Waals surface area contributed by atoms with Crippen molar-refractivity contribution in [2.45, 2.75) is 31.2 Å². The highest BCUT2D eigenvalue weighted by atomic mass is 16.6. The summed E-state index contributed by atoms with van der Waals surface area (Å²) < 4.78 is 11.3. The van der Waals surface area contributed by atoms with Gasteiger partial charge in [0.15, 0.2) is 11.5 Å². The molecule has 0 aromatic heterocycles. The standard InChI is InChI=1S/C22H24N2O4/c1-27-18-5-3-4-15(22(18)28-2)21-20-13-7-6-12(10-13)19(20)16-11-14(24(25)26)8-9-17(16)23-21/h3-5,8-9,11-13,19-21,23H,6-7,10H2,1-2H3/t12-,13-,19-,20-,21-/m0/s1. The molecule has 2 aromatic carbocycles. The number of nitro benzene ring substituents is 1. The van der Waals surface area contributed by atoms with Crippen LogP contribution in [-0.4, -0.2) is 19.1 Å². The van der Waals surface area contributed by atoms with Crippen LogP contribution in [0.3, 0.4) is 0 Å². The van der Waals surface area contributed by atoms with Crippen molar-refractivity contribution >= 4 is 11.4 Å². The predicted molar refractivity (Wildman–Crippen MR) is 106 cm³/mol. The Morgan fingerprint density at radius 2 is 1.89 bits per heavy atom. The molecule has 0 amide bonds. The van der Waals surface area contributed by atoms with E-state index in [-0.39, 0.29) is 16.7 Å². The zero-order valence-electron chi connectivity index (χ0n) is 16.1. The Labute approximate surface area is 164 Å². The zero-order chi connectivity index (χ0) is 19.4. The molecule has 1 N–H and O–H groups in total. The second kappa shape index (κ2) is 6.40. The van der Waals surface area contributed by atoms with Crippen LogP contribution in [0.15, 0.2) is 36.4 Å². The van der Waals surface area contributed by atoms with Crippen molar-refractivity contribution in [2.24, 2.45) is 17.8 Å². The summed E-state index contributed by atoms with van der Waals surface area (Å²) in [4.78, 5) is 11.0. The fraction of sp³-hybridized carbons (Fsp3) is 0.455. The molecule has 0 saturated heterocycles. The van der Waals surface area contributed by atoms with Gasteiger partial charge in [0.1, 0.15) is 0 Å². The first-order valence-electron chi connectivity index (χ1n) is 9.88. The molecule has 0 spiro atoms. The van der Waals surface area contributed by atoms with Crippen LogP contribution in [0.4, 0.5) is 11.4 Å². The van der Waals surface area contributed by atoms with Crippen molar-refractivity contribution < 1.29 is 14.4 Å². The van der Waals surface area contributed by atoms with E-state index >= 15 is 0 Å². The molecule has 2 aliphatic carbocycles. The van der Waals surface area contributed by atoms with Gasteiger partial charge in [0.2, 0.25) is 0 Å². The van der Waals surface area contributed by atoms with Gasteiger partial charge in [-0.25, -0.2) is 0 Å². The first-order valence-corrected chi connectivity index (χ1v) is 9.88. The molecule has 0 radical (unpaired) electrons. The lowest BCUT2D eigenvalue weighted by molar-refractivity contribution is -0.384. The summed E-state index contributed by atoms with van der Waals surface area (Å²) >= 11 is 0. The van der Waals surface area contributed by atoms with Gasteiger partial charge in [0, 0.05) is 23.4 Å². The van der Waals surface area contributed by atoms with Crippen LogP contribution in [0.1, 0.15) is 42.3 Å². The highest BCUT2D eigenvalue weighted by molar-refractivity contribution is 5.63. The average Bonchev–Trinajstić information content (AvgIpc) is 3.34. The number of hydrogen-bond acceptors (Lipinski definition) is 5. The summed E-state index contributed by atoms with van der Waals surface area (Å²) in [6, 6.07) is 11.4. The molecule has 1 heterocycles. The SMILES string of the molecule is COc1cccc([C@@H]2Nc3ccc([N+](=O)[O-])cc3[C@@H]3[C@H]4CC[C@@H](C4)[C@@H]32)c1OC. The van der Waals surface area contributed by atoms with Crippen molar-refractivity contribution in [1.29, 1.82) is 0 Å². The zero-order valence-corrected chi connectivity index (χ0v) is 16.1. The third-order valence-corrected chi connectivity index (χ3v) is 7.05. The molecular formula is C22H24N2O4. The molecule has 3 aliphatic rings. The van der Waals surface area contributed by atoms with Crippen LogP contribution in [0.2, 0.25) is 0 Å². The fourth-order valence-electron chi connectivity index (χ4n) is 6.05. The molecule has 6 nitrogen and oxygen atoms in total. The molecule has 0 unspecified atom stereocenters. The van der Waals surface area contributed by atoms with E-state index in [1.165, 1.54) is 19.3 Å². The van der Waals surface area contributed by atoms with Crippen LogP contribution < -0.4 is 14.8 Å². The number of benzene rings is 2. The maximum absolute atomic E-state index is 11.3. The van der Waals surface area contributed by atoms with Gasteiger partial charge < -0.3 is 14.8 Å². The van der Waals surface area contributed by atoms with Crippen molar-refractivity contribution in [2.75, 3.05) is 19.5 Å². The van der Waals surface area contributed by atoms with Gasteiger partial charge in [-0.15, -0.1) is 0 Å². The number of hydrogen-bond donors (Lipinski definition) is 1. The number of anilines is 1. The first-order chi connectivity index (χ1) is 13.6. The normalized spacial score (nSPS) is 29.6. The summed E-state index contributed by atoms with van der Waals surface area (Å²) in [5.41, 5.74) is 3.41. The summed E-state index contributed by atoms with van der Waals surface area (Å²) in [6.45, 7) is 0. The number of ether oxygens (including phenoxy) is 2. The average molecular weight is 380 g/mol. The second-order valence-electron chi connectivity index (χ2n) is 8.17. The van der Waals surface area contributed by atoms with Crippen LogP contribution in [0.5, 0.6) is 11.5 Å². The molecule has 5 rings (SSSR count). The Morgan fingerprint density at radius 3 is 2.64 bits per heavy atom. The summed E-state index contributed by atoms with van der Waals surface area (Å²) in [5, 5.41) is 15.0. The van der Waals surface area contributed by atoms with Crippen LogP contribution in [0.25, 0.3) is 0 Å². The lowest BCUT2D eigenvalue weighted by Gasteiger charge is -2.43. The number of para-hydroxylation sites is 1. The quantitative estimate of drug-likeness (QED) is 0.603. The molecule has 2 fully saturated rings. The number of non-ortho nitro benzene ring substituents is 1. The smallest absolute Gasteiger partial charge is 0.269 e. The first kappa shape index (κ1) is 17.3. The van der Waals surface area contributed by atoms with E-state index in [1.54, 1.807) is 26.4 Å². The van der Waals surface area contributed by atoms with Crippen molar-refractivity contribution in [3.05, 3.63) is 57.6 Å². The van der Waals surface area contributed by atoms with E-state index in [1.807, 2.05) is 18.2 Å². The second-order valence-corrected chi connectivity index (χ2v) is 8.17. The number of methoxy groups -OCH3 is 2. The number of nitrogens with zero attached hydrogens (tertiary/aromatic N) is 1. The van der Waals surface area contributed by atoms with Crippen molar-refractivity contribution in [3.8, 4) is 11.5 Å². The molecule has 28 heavy (non-hydrogen) atoms. The Hall–Kier alpha value is -2.76. The molecule has 5 atom stereocenters. The third-order valence-electron chi connectivity index (χ3n) is 7.05. The Bertz CT molecular complexity index is 944. The number of nitrogens with one attached hydrogen (secondary N) is 1. The summed E-state index contributed by atoms with van der Waals surface area (Å²) in [6.07, 6.45) is 3.67. The van der Waals surface area contributed by atoms with Gasteiger partial charge in [-0.2, -0.15) is 0 Å². The highest BCUT2D eigenvalue weighted by Gasteiger charge is 2.54. The van der Waals surface area contributed by atoms with Crippen LogP contribution in [0, 0.1) is 27.9 Å². The van der Waals surface area contributed by atoms with E-state index in [0.29, 0.717) is 23.7 Å². The lowest BCUT2D eigenvalue weighted by Crippen LogP contribution is -2.35. The fourth-order valence-corrected chi connectivity index (χ4v) is 6.05. The topological polar surface area (TPSA) is 73.6 Å². The van der Waals surface area contributed by atoms with Gasteiger partial charge in [-0.1, -0.05) is 12.1 Å². The number of rotatable bonds is 4. The van der Waals surface area contributed by atoms with E-state index in [0.717, 1.165) is 28.3 Å². The lowest BCUT2D eigenvalue weighted by atomic mass is 9.68. The minimum Gasteiger partial charge on any atom is -0.493 e. The Balaban J connectivity index is 1.65. The van der Waals surface area contributed by atoms with Crippen molar-refractivity contribution in [1.82, 2.24) is 0 Å². The number of nitro groups is 1. The van der Waals surface area contributed by atoms with Gasteiger partial charge in [-0.05, 0) is 60.6 Å². The van der Waals surface area contributed by atoms with E-state index < -0.39 is 0 Å². The van der Waals surface area contributed by atoms with E-state index in [2.05, 4.69) is 11.4 Å². The van der Waals surface area contributed by atoms with E-state index in [4.69, 9.17) is 9.47 Å². The van der Waals surface area contributed by atoms with Gasteiger partial charge >= 0.3 is 0 Å². The summed E-state index contributed by atoms with van der Waals surface area (Å²) in [5.74, 6) is 3.52. The summed E-state index contributed by atoms with van der Waals surface area (Å²) in [7, 11) is 3.34. The molecule has 1 aliphatic heterocycles. The maximum Gasteiger partial charge on any atom is 0.269 e. The highest BCUT2D eigenvalue weighted by Crippen LogP contribution is 2.64. The molecular weight excluding hydrogens is 356 g/mol. The van der Waals surface area contributed by atoms with Crippen molar-refractivity contribution in [3.63, 3.8) is 0 Å². The molecule has 2 bridgehead atoms. The molecule has 6 heteroatoms. The minimum atomic E-state index is -0.292. The molecule has 146 valence electrons. The maximum atomic E-state index is 11.3. The van der Waals surface area contributed by atoms with Gasteiger partial charge in [-0.3, -0.25) is 10.1 Å². The van der Waals surface area contributed by atoms with Crippen LogP contribution >= 0.6 is 0 Å². The molecule has 2 saturated carbocycles. The predicted octanol–water partition coefficient (Wildman–Crippen LogP) is 4.91. The Kier molecular flexibility index (Phi) is 3.96. The number of fused-ring (bicyclic) bond motifs is 7. The van der Waals surface area contributed by atoms with Gasteiger partial charge in [0.05, 0.1) is 25.2 Å². The Morgan fingerprint density at radius 1 is 1.07 bits per heavy atom. The monoisotopic (exact) mass is 380 g/mol. The third kappa shape index (κ3) is 2.40. The van der Waals surface area contributed by atoms with E-state index in [9.17, 15) is 10.1 Å². The minimum absolute atomic E-state index is 0.110. The van der Waals surface area contributed by atoms with Crippen LogP contribution in [-0.2, 0) is 0 Å². The largest absolute Gasteiger partial charge is 0.493 e. The van der Waals surface area contributed by atoms with Gasteiger partial charge in [0.25, 0.3) is 5.69 Å². The molecule has 2 aromatic rings.